The van der Waals surface area contributed by atoms with Crippen LogP contribution in [0.4, 0.5) is 0 Å². The lowest BCUT2D eigenvalue weighted by Crippen LogP contribution is -2.29. The van der Waals surface area contributed by atoms with Gasteiger partial charge >= 0.3 is 0 Å². The van der Waals surface area contributed by atoms with Crippen molar-refractivity contribution in [1.29, 1.82) is 0 Å². The Labute approximate surface area is 255 Å². The third-order valence-electron chi connectivity index (χ3n) is 8.54. The number of methoxy groups -OCH3 is 1. The second-order valence-electron chi connectivity index (χ2n) is 11.1. The molecule has 6 nitrogen and oxygen atoms in total. The number of aryl methyl sites for hydroxylation is 1. The molecule has 0 N–H and O–H groups in total. The number of hydrogen-bond acceptors (Lipinski definition) is 5. The van der Waals surface area contributed by atoms with Crippen LogP contribution in [0.25, 0.3) is 22.2 Å². The molecule has 44 heavy (non-hydrogen) atoms. The summed E-state index contributed by atoms with van der Waals surface area (Å²) in [4.78, 5) is 5.61. The maximum Gasteiger partial charge on any atom is 0.268 e. The summed E-state index contributed by atoms with van der Waals surface area (Å²) in [6.07, 6.45) is -0.519. The molecular formula is C37H28N2O4S. The first-order valence-electron chi connectivity index (χ1n) is 14.5. The maximum absolute atomic E-state index is 14.7. The fourth-order valence-electron chi connectivity index (χ4n) is 6.52. The minimum Gasteiger partial charge on any atom is -0.493 e. The van der Waals surface area contributed by atoms with E-state index in [-0.39, 0.29) is 4.90 Å². The summed E-state index contributed by atoms with van der Waals surface area (Å²) in [6, 6.07) is 37.9. The molecule has 0 radical (unpaired) electrons. The van der Waals surface area contributed by atoms with Crippen molar-refractivity contribution < 1.29 is 17.9 Å². The highest BCUT2D eigenvalue weighted by Gasteiger charge is 2.42. The molecular weight excluding hydrogens is 568 g/mol. The monoisotopic (exact) mass is 596 g/mol. The molecule has 0 saturated carbocycles. The molecule has 0 saturated heterocycles. The van der Waals surface area contributed by atoms with Crippen molar-refractivity contribution in [3.05, 3.63) is 149 Å². The van der Waals surface area contributed by atoms with Gasteiger partial charge in [-0.1, -0.05) is 103 Å². The van der Waals surface area contributed by atoms with E-state index in [1.54, 1.807) is 25.3 Å². The first kappa shape index (κ1) is 26.5. The fourth-order valence-corrected chi connectivity index (χ4v) is 8.07. The lowest BCUT2D eigenvalue weighted by atomic mass is 9.83. The maximum atomic E-state index is 14.7. The van der Waals surface area contributed by atoms with Crippen LogP contribution in [0.1, 0.15) is 40.0 Å². The first-order valence-corrected chi connectivity index (χ1v) is 15.9. The minimum atomic E-state index is -4.07. The van der Waals surface area contributed by atoms with Crippen LogP contribution in [-0.4, -0.2) is 25.2 Å². The van der Waals surface area contributed by atoms with Gasteiger partial charge in [-0.15, -0.1) is 0 Å². The van der Waals surface area contributed by atoms with E-state index in [9.17, 15) is 8.42 Å². The molecule has 0 unspecified atom stereocenters. The van der Waals surface area contributed by atoms with Crippen molar-refractivity contribution in [3.63, 3.8) is 0 Å². The van der Waals surface area contributed by atoms with Gasteiger partial charge in [0.1, 0.15) is 6.04 Å². The molecule has 2 atom stereocenters. The van der Waals surface area contributed by atoms with Gasteiger partial charge in [-0.3, -0.25) is 4.99 Å². The Morgan fingerprint density at radius 1 is 0.750 bits per heavy atom. The Balaban J connectivity index is 1.56. The summed E-state index contributed by atoms with van der Waals surface area (Å²) >= 11 is 0. The summed E-state index contributed by atoms with van der Waals surface area (Å²) in [5.41, 5.74) is 7.26. The smallest absolute Gasteiger partial charge is 0.268 e. The molecule has 7 heteroatoms. The van der Waals surface area contributed by atoms with Crippen LogP contribution in [0.15, 0.2) is 131 Å². The molecule has 9 rings (SSSR count). The Kier molecular flexibility index (Phi) is 6.00. The summed E-state index contributed by atoms with van der Waals surface area (Å²) in [6.45, 7) is 1.94. The van der Waals surface area contributed by atoms with E-state index in [0.29, 0.717) is 28.1 Å². The molecule has 3 aliphatic heterocycles. The van der Waals surface area contributed by atoms with E-state index in [1.165, 1.54) is 3.97 Å². The highest BCUT2D eigenvalue weighted by Crippen LogP contribution is 2.54. The van der Waals surface area contributed by atoms with Crippen LogP contribution < -0.4 is 9.47 Å². The van der Waals surface area contributed by atoms with Gasteiger partial charge in [0.2, 0.25) is 0 Å². The Hall–Kier alpha value is -5.14. The van der Waals surface area contributed by atoms with Crippen LogP contribution in [0.5, 0.6) is 11.5 Å². The van der Waals surface area contributed by atoms with Crippen molar-refractivity contribution in [2.45, 2.75) is 24.0 Å². The van der Waals surface area contributed by atoms with E-state index < -0.39 is 22.2 Å². The predicted octanol–water partition coefficient (Wildman–Crippen LogP) is 7.89. The van der Waals surface area contributed by atoms with E-state index >= 15 is 0 Å². The zero-order chi connectivity index (χ0) is 30.0. The lowest BCUT2D eigenvalue weighted by Gasteiger charge is -2.34. The molecule has 3 aliphatic rings. The highest BCUT2D eigenvalue weighted by molar-refractivity contribution is 7.90. The number of benzene rings is 5. The molecule has 1 aromatic heterocycles. The first-order chi connectivity index (χ1) is 21.5. The quantitative estimate of drug-likeness (QED) is 0.203. The Morgan fingerprint density at radius 3 is 2.07 bits per heavy atom. The molecule has 4 heterocycles. The van der Waals surface area contributed by atoms with Crippen LogP contribution in [0.3, 0.4) is 0 Å². The van der Waals surface area contributed by atoms with Gasteiger partial charge in [-0.05, 0) is 47.9 Å². The summed E-state index contributed by atoms with van der Waals surface area (Å²) in [5, 5.41) is 0.680. The van der Waals surface area contributed by atoms with E-state index in [0.717, 1.165) is 39.1 Å². The number of nitrogens with zero attached hydrogens (tertiary/aromatic N) is 2. The van der Waals surface area contributed by atoms with Crippen LogP contribution >= 0.6 is 0 Å². The average molecular weight is 597 g/mol. The van der Waals surface area contributed by atoms with Crippen molar-refractivity contribution in [2.75, 3.05) is 7.11 Å². The lowest BCUT2D eigenvalue weighted by molar-refractivity contribution is 0.254. The van der Waals surface area contributed by atoms with Crippen molar-refractivity contribution in [1.82, 2.24) is 3.97 Å². The molecule has 0 fully saturated rings. The van der Waals surface area contributed by atoms with Gasteiger partial charge in [-0.25, -0.2) is 12.4 Å². The van der Waals surface area contributed by atoms with Crippen molar-refractivity contribution >= 4 is 26.6 Å². The zero-order valence-electron chi connectivity index (χ0n) is 24.1. The highest BCUT2D eigenvalue weighted by atomic mass is 32.2. The molecule has 0 amide bonds. The van der Waals surface area contributed by atoms with Crippen LogP contribution in [-0.2, 0) is 10.0 Å². The topological polar surface area (TPSA) is 69.9 Å². The second kappa shape index (κ2) is 9.96. The third-order valence-corrected chi connectivity index (χ3v) is 10.3. The Morgan fingerprint density at radius 2 is 1.39 bits per heavy atom. The number of hydrogen-bond donors (Lipinski definition) is 0. The van der Waals surface area contributed by atoms with Gasteiger partial charge in [0.25, 0.3) is 10.0 Å². The van der Waals surface area contributed by atoms with Gasteiger partial charge in [0.15, 0.2) is 17.6 Å². The van der Waals surface area contributed by atoms with Gasteiger partial charge in [-0.2, -0.15) is 0 Å². The van der Waals surface area contributed by atoms with Crippen molar-refractivity contribution in [3.8, 4) is 22.8 Å². The minimum absolute atomic E-state index is 0.204. The fraction of sp³-hybridized carbons (Fsp3) is 0.108. The van der Waals surface area contributed by atoms with Gasteiger partial charge in [0.05, 0.1) is 34.3 Å². The number of rotatable bonds is 5. The van der Waals surface area contributed by atoms with E-state index in [4.69, 9.17) is 14.5 Å². The predicted molar refractivity (Wildman–Crippen MR) is 172 cm³/mol. The number of aliphatic imine (C=N–C) groups is 1. The molecule has 0 aliphatic carbocycles. The summed E-state index contributed by atoms with van der Waals surface area (Å²) in [5.74, 6) is 1.03. The molecule has 6 aromatic rings. The van der Waals surface area contributed by atoms with Gasteiger partial charge < -0.3 is 9.47 Å². The standard InChI is InChI=1S/C37H28N2O4S/c1-23-17-19-26(20-18-23)44(40,41)39-29-21-22-30(42-2)37-31(29)32(35(39)25-13-7-4-8-14-25)34-27-15-9-10-16-28(27)36(43-37)33(38-34)24-11-5-3-6-12-24/h3-22,34,36H,1-2H3/t34-,36+/m0/s1. The van der Waals surface area contributed by atoms with Gasteiger partial charge in [0, 0.05) is 11.1 Å². The molecule has 5 aromatic carbocycles. The molecule has 0 spiro atoms. The van der Waals surface area contributed by atoms with E-state index in [1.807, 2.05) is 97.9 Å². The summed E-state index contributed by atoms with van der Waals surface area (Å²) < 4.78 is 43.8. The molecule has 2 bridgehead atoms. The van der Waals surface area contributed by atoms with E-state index in [2.05, 4.69) is 12.1 Å². The van der Waals surface area contributed by atoms with Crippen molar-refractivity contribution in [2.24, 2.45) is 4.99 Å². The molecule has 216 valence electrons. The average Bonchev–Trinajstić information content (AvgIpc) is 3.41. The number of aromatic nitrogens is 1. The second-order valence-corrected chi connectivity index (χ2v) is 12.9. The third kappa shape index (κ3) is 3.86. The van der Waals surface area contributed by atoms with Crippen LogP contribution in [0.2, 0.25) is 0 Å². The number of ether oxygens (including phenoxy) is 2. The SMILES string of the molecule is COc1ccc2c3c1O[C@H]1C(c4ccccc4)=N[C@@H](c4ccccc41)c3c(-c1ccccc1)n2S(=O)(=O)c1ccc(C)cc1. The summed E-state index contributed by atoms with van der Waals surface area (Å²) in [7, 11) is -2.46. The zero-order valence-corrected chi connectivity index (χ0v) is 25.0. The Bertz CT molecular complexity index is 2200. The van der Waals surface area contributed by atoms with Crippen LogP contribution in [0, 0.1) is 6.92 Å². The largest absolute Gasteiger partial charge is 0.493 e. The normalized spacial score (nSPS) is 16.9.